The van der Waals surface area contributed by atoms with Crippen LogP contribution in [0.15, 0.2) is 29.3 Å². The summed E-state index contributed by atoms with van der Waals surface area (Å²) in [5.74, 6) is 1.32. The SMILES string of the molecule is CCC(C)NC(=NCC(=O)N(C)C)NCC(C)Oc1ccc(Cl)cc1. The molecule has 0 radical (unpaired) electrons. The van der Waals surface area contributed by atoms with Crippen LogP contribution in [0.3, 0.4) is 0 Å². The first-order valence-corrected chi connectivity index (χ1v) is 8.86. The van der Waals surface area contributed by atoms with Crippen LogP contribution in [0.4, 0.5) is 0 Å². The van der Waals surface area contributed by atoms with Gasteiger partial charge in [0.2, 0.25) is 5.91 Å². The van der Waals surface area contributed by atoms with Gasteiger partial charge in [-0.15, -0.1) is 0 Å². The van der Waals surface area contributed by atoms with Gasteiger partial charge in [-0.2, -0.15) is 0 Å². The van der Waals surface area contributed by atoms with E-state index in [0.717, 1.165) is 12.2 Å². The van der Waals surface area contributed by atoms with E-state index >= 15 is 0 Å². The molecular formula is C18H29ClN4O2. The second-order valence-corrected chi connectivity index (χ2v) is 6.61. The first-order chi connectivity index (χ1) is 11.8. The molecule has 7 heteroatoms. The maximum absolute atomic E-state index is 11.7. The Bertz CT molecular complexity index is 561. The maximum Gasteiger partial charge on any atom is 0.243 e. The third-order valence-electron chi connectivity index (χ3n) is 3.57. The molecule has 0 bridgehead atoms. The first-order valence-electron chi connectivity index (χ1n) is 8.49. The minimum absolute atomic E-state index is 0.0456. The predicted molar refractivity (Wildman–Crippen MR) is 103 cm³/mol. The Balaban J connectivity index is 2.58. The van der Waals surface area contributed by atoms with E-state index < -0.39 is 0 Å². The topological polar surface area (TPSA) is 66.0 Å². The number of likely N-dealkylation sites (N-methyl/N-ethyl adjacent to an activating group) is 1. The van der Waals surface area contributed by atoms with Crippen LogP contribution in [-0.4, -0.2) is 56.1 Å². The molecule has 2 N–H and O–H groups in total. The van der Waals surface area contributed by atoms with Gasteiger partial charge in [0, 0.05) is 25.2 Å². The van der Waals surface area contributed by atoms with Crippen LogP contribution >= 0.6 is 11.6 Å². The van der Waals surface area contributed by atoms with Crippen molar-refractivity contribution in [1.82, 2.24) is 15.5 Å². The number of halogens is 1. The lowest BCUT2D eigenvalue weighted by atomic mass is 10.3. The number of guanidine groups is 1. The highest BCUT2D eigenvalue weighted by atomic mass is 35.5. The minimum Gasteiger partial charge on any atom is -0.489 e. The molecule has 0 aliphatic heterocycles. The number of aliphatic imine (C=N–C) groups is 1. The number of nitrogens with one attached hydrogen (secondary N) is 2. The average molecular weight is 369 g/mol. The number of rotatable bonds is 8. The lowest BCUT2D eigenvalue weighted by Gasteiger charge is -2.20. The molecule has 1 rings (SSSR count). The van der Waals surface area contributed by atoms with Crippen molar-refractivity contribution in [3.8, 4) is 5.75 Å². The molecule has 0 saturated heterocycles. The molecule has 0 aliphatic rings. The molecule has 0 saturated carbocycles. The molecule has 0 heterocycles. The van der Waals surface area contributed by atoms with Crippen LogP contribution < -0.4 is 15.4 Å². The van der Waals surface area contributed by atoms with Crippen molar-refractivity contribution in [2.75, 3.05) is 27.2 Å². The average Bonchev–Trinajstić information content (AvgIpc) is 2.58. The number of amides is 1. The fourth-order valence-corrected chi connectivity index (χ4v) is 1.93. The summed E-state index contributed by atoms with van der Waals surface area (Å²) in [5, 5.41) is 7.19. The zero-order chi connectivity index (χ0) is 18.8. The molecule has 2 unspecified atom stereocenters. The Hall–Kier alpha value is -1.95. The van der Waals surface area contributed by atoms with Crippen molar-refractivity contribution in [3.63, 3.8) is 0 Å². The number of hydrogen-bond donors (Lipinski definition) is 2. The lowest BCUT2D eigenvalue weighted by molar-refractivity contribution is -0.127. The summed E-state index contributed by atoms with van der Waals surface area (Å²) in [4.78, 5) is 17.6. The van der Waals surface area contributed by atoms with Crippen LogP contribution in [0.25, 0.3) is 0 Å². The predicted octanol–water partition coefficient (Wildman–Crippen LogP) is 2.53. The molecule has 1 amide bonds. The largest absolute Gasteiger partial charge is 0.489 e. The van der Waals surface area contributed by atoms with Gasteiger partial charge in [0.25, 0.3) is 0 Å². The summed E-state index contributed by atoms with van der Waals surface area (Å²) in [6.07, 6.45) is 0.883. The molecule has 25 heavy (non-hydrogen) atoms. The van der Waals surface area contributed by atoms with Crippen molar-refractivity contribution < 1.29 is 9.53 Å². The van der Waals surface area contributed by atoms with Gasteiger partial charge >= 0.3 is 0 Å². The number of nitrogens with zero attached hydrogens (tertiary/aromatic N) is 2. The van der Waals surface area contributed by atoms with Crippen LogP contribution in [0.1, 0.15) is 27.2 Å². The Morgan fingerprint density at radius 1 is 1.28 bits per heavy atom. The van der Waals surface area contributed by atoms with Gasteiger partial charge in [-0.1, -0.05) is 18.5 Å². The Labute approximate surface area is 155 Å². The monoisotopic (exact) mass is 368 g/mol. The first kappa shape index (κ1) is 21.1. The zero-order valence-corrected chi connectivity index (χ0v) is 16.4. The van der Waals surface area contributed by atoms with E-state index in [0.29, 0.717) is 17.5 Å². The van der Waals surface area contributed by atoms with E-state index in [9.17, 15) is 4.79 Å². The quantitative estimate of drug-likeness (QED) is 0.546. The van der Waals surface area contributed by atoms with Gasteiger partial charge in [-0.25, -0.2) is 4.99 Å². The normalized spacial score (nSPS) is 13.8. The van der Waals surface area contributed by atoms with Gasteiger partial charge < -0.3 is 20.3 Å². The summed E-state index contributed by atoms with van der Waals surface area (Å²) < 4.78 is 5.84. The van der Waals surface area contributed by atoms with Gasteiger partial charge in [0.15, 0.2) is 5.96 Å². The maximum atomic E-state index is 11.7. The third-order valence-corrected chi connectivity index (χ3v) is 3.83. The van der Waals surface area contributed by atoms with Crippen LogP contribution in [0.5, 0.6) is 5.75 Å². The summed E-state index contributed by atoms with van der Waals surface area (Å²) in [7, 11) is 3.43. The third kappa shape index (κ3) is 8.63. The molecule has 140 valence electrons. The van der Waals surface area contributed by atoms with E-state index in [4.69, 9.17) is 16.3 Å². The highest BCUT2D eigenvalue weighted by Crippen LogP contribution is 2.16. The van der Waals surface area contributed by atoms with E-state index in [1.165, 1.54) is 4.90 Å². The Morgan fingerprint density at radius 3 is 2.48 bits per heavy atom. The second kappa shape index (κ2) is 10.8. The van der Waals surface area contributed by atoms with Crippen molar-refractivity contribution in [1.29, 1.82) is 0 Å². The van der Waals surface area contributed by atoms with E-state index in [1.807, 2.05) is 19.1 Å². The highest BCUT2D eigenvalue weighted by Gasteiger charge is 2.09. The number of carbonyl (C=O) groups is 1. The second-order valence-electron chi connectivity index (χ2n) is 6.17. The Morgan fingerprint density at radius 2 is 1.92 bits per heavy atom. The van der Waals surface area contributed by atoms with E-state index in [1.54, 1.807) is 26.2 Å². The van der Waals surface area contributed by atoms with Gasteiger partial charge in [-0.3, -0.25) is 4.79 Å². The fraction of sp³-hybridized carbons (Fsp3) is 0.556. The van der Waals surface area contributed by atoms with E-state index in [-0.39, 0.29) is 24.6 Å². The van der Waals surface area contributed by atoms with Crippen molar-refractivity contribution in [2.24, 2.45) is 4.99 Å². The molecule has 0 aromatic heterocycles. The lowest BCUT2D eigenvalue weighted by Crippen LogP contribution is -2.45. The summed E-state index contributed by atoms with van der Waals surface area (Å²) >= 11 is 5.87. The molecule has 1 aromatic rings. The molecule has 0 fully saturated rings. The molecule has 6 nitrogen and oxygen atoms in total. The summed E-state index contributed by atoms with van der Waals surface area (Å²) in [5.41, 5.74) is 0. The molecule has 0 spiro atoms. The zero-order valence-electron chi connectivity index (χ0n) is 15.7. The number of benzene rings is 1. The summed E-state index contributed by atoms with van der Waals surface area (Å²) in [6.45, 7) is 6.78. The van der Waals surface area contributed by atoms with Crippen LogP contribution in [-0.2, 0) is 4.79 Å². The van der Waals surface area contributed by atoms with Crippen molar-refractivity contribution >= 4 is 23.5 Å². The summed E-state index contributed by atoms with van der Waals surface area (Å²) in [6, 6.07) is 7.51. The smallest absolute Gasteiger partial charge is 0.243 e. The van der Waals surface area contributed by atoms with Crippen LogP contribution in [0, 0.1) is 0 Å². The van der Waals surface area contributed by atoms with Gasteiger partial charge in [0.05, 0.1) is 6.54 Å². The van der Waals surface area contributed by atoms with Gasteiger partial charge in [-0.05, 0) is 44.5 Å². The highest BCUT2D eigenvalue weighted by molar-refractivity contribution is 6.30. The number of hydrogen-bond acceptors (Lipinski definition) is 3. The standard InChI is InChI=1S/C18H29ClN4O2/c1-6-13(2)22-18(21-12-17(24)23(4)5)20-11-14(3)25-16-9-7-15(19)8-10-16/h7-10,13-14H,6,11-12H2,1-5H3,(H2,20,21,22). The molecular weight excluding hydrogens is 340 g/mol. The molecule has 1 aromatic carbocycles. The van der Waals surface area contributed by atoms with E-state index in [2.05, 4.69) is 29.5 Å². The minimum atomic E-state index is -0.0744. The molecule has 2 atom stereocenters. The Kier molecular flexibility index (Phi) is 9.13. The number of ether oxygens (including phenoxy) is 1. The molecule has 0 aliphatic carbocycles. The van der Waals surface area contributed by atoms with Crippen LogP contribution in [0.2, 0.25) is 5.02 Å². The van der Waals surface area contributed by atoms with Crippen molar-refractivity contribution in [3.05, 3.63) is 29.3 Å². The number of carbonyl (C=O) groups excluding carboxylic acids is 1. The van der Waals surface area contributed by atoms with Crippen molar-refractivity contribution in [2.45, 2.75) is 39.3 Å². The fourth-order valence-electron chi connectivity index (χ4n) is 1.80. The van der Waals surface area contributed by atoms with Gasteiger partial charge in [0.1, 0.15) is 18.4 Å².